The van der Waals surface area contributed by atoms with Crippen molar-refractivity contribution in [3.63, 3.8) is 0 Å². The highest BCUT2D eigenvalue weighted by Gasteiger charge is 2.18. The lowest BCUT2D eigenvalue weighted by Crippen LogP contribution is -2.20. The third kappa shape index (κ3) is 5.64. The number of alkyl halides is 1. The van der Waals surface area contributed by atoms with Crippen molar-refractivity contribution in [1.82, 2.24) is 14.7 Å². The first kappa shape index (κ1) is 20.2. The van der Waals surface area contributed by atoms with Crippen molar-refractivity contribution in [3.8, 4) is 0 Å². The smallest absolute Gasteiger partial charge is 0.209 e. The predicted molar refractivity (Wildman–Crippen MR) is 97.7 cm³/mol. The van der Waals surface area contributed by atoms with Gasteiger partial charge >= 0.3 is 0 Å². The van der Waals surface area contributed by atoms with E-state index in [0.717, 1.165) is 30.6 Å². The third-order valence-electron chi connectivity index (χ3n) is 3.82. The fourth-order valence-electron chi connectivity index (χ4n) is 2.43. The van der Waals surface area contributed by atoms with Crippen LogP contribution in [0.3, 0.4) is 0 Å². The van der Waals surface area contributed by atoms with Gasteiger partial charge in [0, 0.05) is 30.2 Å². The molecule has 0 N–H and O–H groups in total. The summed E-state index contributed by atoms with van der Waals surface area (Å²) in [6.07, 6.45) is 7.19. The largest absolute Gasteiger partial charge is 0.348 e. The zero-order chi connectivity index (χ0) is 18.1. The Labute approximate surface area is 148 Å². The molecule has 0 bridgehead atoms. The summed E-state index contributed by atoms with van der Waals surface area (Å²) < 4.78 is 15.2. The second-order valence-electron chi connectivity index (χ2n) is 5.65. The number of hydrogen-bond acceptors (Lipinski definition) is 2. The summed E-state index contributed by atoms with van der Waals surface area (Å²) in [7, 11) is 1.75. The minimum atomic E-state index is -0.656. The first-order valence-electron chi connectivity index (χ1n) is 7.94. The summed E-state index contributed by atoms with van der Waals surface area (Å²) in [4.78, 5) is 12.4. The van der Waals surface area contributed by atoms with Gasteiger partial charge in [0.1, 0.15) is 6.67 Å². The molecule has 6 heteroatoms. The number of allylic oxidation sites excluding steroid dienone is 5. The molecule has 1 unspecified atom stereocenters. The molecular formula is C18H25ClFN3O. The van der Waals surface area contributed by atoms with Crippen molar-refractivity contribution >= 4 is 23.7 Å². The Morgan fingerprint density at radius 2 is 2.25 bits per heavy atom. The van der Waals surface area contributed by atoms with Gasteiger partial charge in [-0.1, -0.05) is 31.2 Å². The quantitative estimate of drug-likeness (QED) is 0.465. The average Bonchev–Trinajstić information content (AvgIpc) is 2.97. The van der Waals surface area contributed by atoms with Crippen LogP contribution in [0.5, 0.6) is 0 Å². The topological polar surface area (TPSA) is 38.1 Å². The molecule has 1 atom stereocenters. The van der Waals surface area contributed by atoms with Gasteiger partial charge in [0.05, 0.1) is 11.4 Å². The number of rotatable bonds is 10. The Balaban J connectivity index is 3.16. The van der Waals surface area contributed by atoms with Crippen molar-refractivity contribution in [2.75, 3.05) is 20.3 Å². The molecule has 1 aromatic heterocycles. The van der Waals surface area contributed by atoms with Crippen molar-refractivity contribution in [1.29, 1.82) is 0 Å². The summed E-state index contributed by atoms with van der Waals surface area (Å²) >= 11 is 5.90. The molecule has 132 valence electrons. The molecule has 1 heterocycles. The van der Waals surface area contributed by atoms with Crippen LogP contribution in [-0.4, -0.2) is 41.4 Å². The summed E-state index contributed by atoms with van der Waals surface area (Å²) in [5.74, 6) is 0.183. The van der Waals surface area contributed by atoms with Crippen LogP contribution in [0.25, 0.3) is 5.70 Å². The maximum absolute atomic E-state index is 13.5. The molecule has 0 saturated heterocycles. The average molecular weight is 354 g/mol. The summed E-state index contributed by atoms with van der Waals surface area (Å²) in [6, 6.07) is 1.97. The van der Waals surface area contributed by atoms with Gasteiger partial charge < -0.3 is 4.90 Å². The van der Waals surface area contributed by atoms with Crippen molar-refractivity contribution < 1.29 is 9.18 Å². The number of amides is 1. The molecule has 1 aromatic rings. The van der Waals surface area contributed by atoms with Crippen LogP contribution in [-0.2, 0) is 4.79 Å². The lowest BCUT2D eigenvalue weighted by atomic mass is 9.97. The minimum absolute atomic E-state index is 0.183. The standard InChI is InChI=1S/C18H25ClFN3O/c1-5-15(9-10-22(4)13-24)18-11-14(3)21-23(18)17(12-20)8-7-16(19)6-2/h6-8,11,13,15H,2,5,9-10,12H2,1,3-4H3/b16-7+,17-8+. The van der Waals surface area contributed by atoms with E-state index in [-0.39, 0.29) is 5.92 Å². The molecule has 0 fully saturated rings. The highest BCUT2D eigenvalue weighted by atomic mass is 35.5. The lowest BCUT2D eigenvalue weighted by molar-refractivity contribution is -0.117. The molecule has 0 saturated carbocycles. The molecule has 24 heavy (non-hydrogen) atoms. The maximum Gasteiger partial charge on any atom is 0.209 e. The van der Waals surface area contributed by atoms with Crippen LogP contribution in [0.15, 0.2) is 35.9 Å². The maximum atomic E-state index is 13.5. The van der Waals surface area contributed by atoms with Crippen molar-refractivity contribution in [3.05, 3.63) is 47.3 Å². The van der Waals surface area contributed by atoms with Crippen molar-refractivity contribution in [2.45, 2.75) is 32.6 Å². The molecule has 0 aliphatic carbocycles. The Morgan fingerprint density at radius 3 is 2.79 bits per heavy atom. The van der Waals surface area contributed by atoms with Gasteiger partial charge in [0.2, 0.25) is 6.41 Å². The van der Waals surface area contributed by atoms with Gasteiger partial charge in [0.15, 0.2) is 0 Å². The fourth-order valence-corrected chi connectivity index (χ4v) is 2.49. The summed E-state index contributed by atoms with van der Waals surface area (Å²) in [6.45, 7) is 7.51. The van der Waals surface area contributed by atoms with Crippen LogP contribution >= 0.6 is 11.6 Å². The van der Waals surface area contributed by atoms with E-state index in [1.807, 2.05) is 13.0 Å². The highest BCUT2D eigenvalue weighted by Crippen LogP contribution is 2.27. The zero-order valence-corrected chi connectivity index (χ0v) is 15.3. The van der Waals surface area contributed by atoms with Crippen LogP contribution in [0.1, 0.15) is 37.1 Å². The van der Waals surface area contributed by atoms with Gasteiger partial charge in [0.25, 0.3) is 0 Å². The van der Waals surface area contributed by atoms with E-state index >= 15 is 0 Å². The number of carbonyl (C=O) groups excluding carboxylic acids is 1. The fraction of sp³-hybridized carbons (Fsp3) is 0.444. The van der Waals surface area contributed by atoms with E-state index in [4.69, 9.17) is 11.6 Å². The molecule has 0 aromatic carbocycles. The molecule has 0 aliphatic heterocycles. The number of aromatic nitrogens is 2. The van der Waals surface area contributed by atoms with E-state index in [1.165, 1.54) is 6.08 Å². The van der Waals surface area contributed by atoms with E-state index in [9.17, 15) is 9.18 Å². The van der Waals surface area contributed by atoms with Crippen LogP contribution in [0.4, 0.5) is 4.39 Å². The Hall–Kier alpha value is -1.88. The van der Waals surface area contributed by atoms with Crippen LogP contribution in [0, 0.1) is 6.92 Å². The Morgan fingerprint density at radius 1 is 1.54 bits per heavy atom. The number of carbonyl (C=O) groups is 1. The molecule has 0 aliphatic rings. The summed E-state index contributed by atoms with van der Waals surface area (Å²) in [5, 5.41) is 4.86. The molecule has 1 rings (SSSR count). The van der Waals surface area contributed by atoms with Gasteiger partial charge in [-0.3, -0.25) is 4.79 Å². The third-order valence-corrected chi connectivity index (χ3v) is 4.10. The predicted octanol–water partition coefficient (Wildman–Crippen LogP) is 4.28. The highest BCUT2D eigenvalue weighted by molar-refractivity contribution is 6.31. The number of hydrogen-bond donors (Lipinski definition) is 0. The van der Waals surface area contributed by atoms with Gasteiger partial charge in [-0.05, 0) is 38.0 Å². The SMILES string of the molecule is C=C/C(Cl)=C\C=C(/CF)n1nc(C)cc1C(CC)CCN(C)C=O. The zero-order valence-electron chi connectivity index (χ0n) is 14.5. The monoisotopic (exact) mass is 353 g/mol. The van der Waals surface area contributed by atoms with Crippen molar-refractivity contribution in [2.24, 2.45) is 0 Å². The van der Waals surface area contributed by atoms with E-state index in [2.05, 4.69) is 18.6 Å². The van der Waals surface area contributed by atoms with E-state index in [0.29, 0.717) is 17.3 Å². The van der Waals surface area contributed by atoms with Gasteiger partial charge in [-0.15, -0.1) is 0 Å². The molecule has 4 nitrogen and oxygen atoms in total. The normalized spacial score (nSPS) is 13.7. The summed E-state index contributed by atoms with van der Waals surface area (Å²) in [5.41, 5.74) is 2.19. The molecule has 1 amide bonds. The molecule has 0 radical (unpaired) electrons. The number of aryl methyl sites for hydroxylation is 1. The first-order chi connectivity index (χ1) is 11.5. The Bertz CT molecular complexity index is 622. The van der Waals surface area contributed by atoms with E-state index in [1.54, 1.807) is 28.8 Å². The van der Waals surface area contributed by atoms with Crippen LogP contribution < -0.4 is 0 Å². The van der Waals surface area contributed by atoms with Gasteiger partial charge in [-0.25, -0.2) is 9.07 Å². The van der Waals surface area contributed by atoms with Crippen LogP contribution in [0.2, 0.25) is 0 Å². The second kappa shape index (κ2) is 10.1. The number of halogens is 2. The minimum Gasteiger partial charge on any atom is -0.348 e. The second-order valence-corrected chi connectivity index (χ2v) is 6.09. The Kier molecular flexibility index (Phi) is 8.47. The molecule has 0 spiro atoms. The number of nitrogens with zero attached hydrogens (tertiary/aromatic N) is 3. The van der Waals surface area contributed by atoms with E-state index < -0.39 is 6.67 Å². The lowest BCUT2D eigenvalue weighted by Gasteiger charge is -2.19. The molecular weight excluding hydrogens is 329 g/mol. The van der Waals surface area contributed by atoms with Gasteiger partial charge in [-0.2, -0.15) is 5.10 Å². The first-order valence-corrected chi connectivity index (χ1v) is 8.31.